The summed E-state index contributed by atoms with van der Waals surface area (Å²) in [6.45, 7) is 9.06. The molecule has 0 saturated heterocycles. The SMILES string of the molecule is CC(C)NCCOCCCS(=O)(=O)NC(=O)C(C)C. The Morgan fingerprint density at radius 1 is 1.16 bits per heavy atom. The van der Waals surface area contributed by atoms with E-state index in [1.807, 2.05) is 18.6 Å². The number of rotatable bonds is 10. The molecule has 0 aliphatic carbocycles. The van der Waals surface area contributed by atoms with Crippen LogP contribution in [-0.4, -0.2) is 45.9 Å². The molecule has 0 aromatic carbocycles. The molecule has 19 heavy (non-hydrogen) atoms. The molecule has 0 radical (unpaired) electrons. The van der Waals surface area contributed by atoms with Gasteiger partial charge in [0, 0.05) is 25.1 Å². The monoisotopic (exact) mass is 294 g/mol. The van der Waals surface area contributed by atoms with Crippen LogP contribution in [0, 0.1) is 5.92 Å². The van der Waals surface area contributed by atoms with Crippen LogP contribution in [0.5, 0.6) is 0 Å². The Hall–Kier alpha value is -0.660. The van der Waals surface area contributed by atoms with Gasteiger partial charge in [0.15, 0.2) is 0 Å². The van der Waals surface area contributed by atoms with E-state index in [1.165, 1.54) is 0 Å². The molecule has 0 heterocycles. The summed E-state index contributed by atoms with van der Waals surface area (Å²) in [4.78, 5) is 11.3. The molecule has 7 heteroatoms. The molecule has 0 aromatic rings. The Kier molecular flexibility index (Phi) is 8.95. The van der Waals surface area contributed by atoms with Crippen LogP contribution in [-0.2, 0) is 19.6 Å². The highest BCUT2D eigenvalue weighted by atomic mass is 32.2. The van der Waals surface area contributed by atoms with Crippen molar-refractivity contribution in [1.82, 2.24) is 10.0 Å². The summed E-state index contributed by atoms with van der Waals surface area (Å²) in [6, 6.07) is 0.412. The first-order valence-corrected chi connectivity index (χ1v) is 8.25. The highest BCUT2D eigenvalue weighted by Gasteiger charge is 2.16. The fourth-order valence-corrected chi connectivity index (χ4v) is 2.34. The molecule has 0 atom stereocenters. The Morgan fingerprint density at radius 2 is 1.79 bits per heavy atom. The van der Waals surface area contributed by atoms with Gasteiger partial charge < -0.3 is 10.1 Å². The molecule has 2 N–H and O–H groups in total. The summed E-state index contributed by atoms with van der Waals surface area (Å²) >= 11 is 0. The number of amides is 1. The van der Waals surface area contributed by atoms with E-state index < -0.39 is 15.9 Å². The second-order valence-electron chi connectivity index (χ2n) is 5.01. The van der Waals surface area contributed by atoms with Gasteiger partial charge in [0.25, 0.3) is 0 Å². The molecular weight excluding hydrogens is 268 g/mol. The van der Waals surface area contributed by atoms with Gasteiger partial charge >= 0.3 is 0 Å². The Balaban J connectivity index is 3.68. The van der Waals surface area contributed by atoms with Gasteiger partial charge in [0.05, 0.1) is 12.4 Å². The first-order chi connectivity index (χ1) is 8.74. The molecule has 0 fully saturated rings. The van der Waals surface area contributed by atoms with Crippen molar-refractivity contribution in [2.45, 2.75) is 40.2 Å². The quantitative estimate of drug-likeness (QED) is 0.573. The first kappa shape index (κ1) is 18.3. The van der Waals surface area contributed by atoms with Crippen LogP contribution in [0.1, 0.15) is 34.1 Å². The van der Waals surface area contributed by atoms with Gasteiger partial charge in [-0.05, 0) is 6.42 Å². The van der Waals surface area contributed by atoms with Crippen molar-refractivity contribution in [1.29, 1.82) is 0 Å². The van der Waals surface area contributed by atoms with Crippen molar-refractivity contribution in [2.24, 2.45) is 5.92 Å². The van der Waals surface area contributed by atoms with E-state index in [0.717, 1.165) is 6.54 Å². The molecule has 0 aromatic heterocycles. The molecular formula is C12H26N2O4S. The van der Waals surface area contributed by atoms with Gasteiger partial charge in [-0.25, -0.2) is 8.42 Å². The highest BCUT2D eigenvalue weighted by Crippen LogP contribution is 1.96. The molecule has 0 aliphatic heterocycles. The molecule has 0 spiro atoms. The van der Waals surface area contributed by atoms with E-state index in [-0.39, 0.29) is 11.7 Å². The predicted molar refractivity (Wildman–Crippen MR) is 75.3 cm³/mol. The van der Waals surface area contributed by atoms with Gasteiger partial charge in [-0.2, -0.15) is 0 Å². The fraction of sp³-hybridized carbons (Fsp3) is 0.917. The second-order valence-corrected chi connectivity index (χ2v) is 6.86. The van der Waals surface area contributed by atoms with Crippen LogP contribution in [0.2, 0.25) is 0 Å². The second kappa shape index (κ2) is 9.28. The number of hydrogen-bond donors (Lipinski definition) is 2. The number of ether oxygens (including phenoxy) is 1. The molecule has 0 unspecified atom stereocenters. The van der Waals surface area contributed by atoms with E-state index in [1.54, 1.807) is 13.8 Å². The van der Waals surface area contributed by atoms with Crippen molar-refractivity contribution >= 4 is 15.9 Å². The summed E-state index contributed by atoms with van der Waals surface area (Å²) in [5, 5.41) is 3.19. The van der Waals surface area contributed by atoms with E-state index >= 15 is 0 Å². The number of hydrogen-bond acceptors (Lipinski definition) is 5. The van der Waals surface area contributed by atoms with Crippen LogP contribution >= 0.6 is 0 Å². The van der Waals surface area contributed by atoms with E-state index in [9.17, 15) is 13.2 Å². The van der Waals surface area contributed by atoms with Gasteiger partial charge in [0.1, 0.15) is 0 Å². The predicted octanol–water partition coefficient (Wildman–Crippen LogP) is 0.493. The van der Waals surface area contributed by atoms with Crippen LogP contribution < -0.4 is 10.0 Å². The van der Waals surface area contributed by atoms with Crippen LogP contribution in [0.25, 0.3) is 0 Å². The lowest BCUT2D eigenvalue weighted by molar-refractivity contribution is -0.122. The van der Waals surface area contributed by atoms with Gasteiger partial charge in [-0.15, -0.1) is 0 Å². The maximum absolute atomic E-state index is 11.5. The average Bonchev–Trinajstić information content (AvgIpc) is 2.26. The number of carbonyl (C=O) groups is 1. The van der Waals surface area contributed by atoms with Gasteiger partial charge in [-0.3, -0.25) is 9.52 Å². The summed E-state index contributed by atoms with van der Waals surface area (Å²) < 4.78 is 30.4. The zero-order valence-electron chi connectivity index (χ0n) is 12.2. The third-order valence-electron chi connectivity index (χ3n) is 2.28. The smallest absolute Gasteiger partial charge is 0.235 e. The zero-order chi connectivity index (χ0) is 14.9. The largest absolute Gasteiger partial charge is 0.380 e. The fourth-order valence-electron chi connectivity index (χ4n) is 1.19. The van der Waals surface area contributed by atoms with Crippen molar-refractivity contribution in [3.8, 4) is 0 Å². The van der Waals surface area contributed by atoms with Crippen molar-refractivity contribution < 1.29 is 17.9 Å². The molecule has 6 nitrogen and oxygen atoms in total. The summed E-state index contributed by atoms with van der Waals surface area (Å²) in [6.07, 6.45) is 0.377. The van der Waals surface area contributed by atoms with Crippen molar-refractivity contribution in [3.05, 3.63) is 0 Å². The van der Waals surface area contributed by atoms with Crippen molar-refractivity contribution in [2.75, 3.05) is 25.5 Å². The lowest BCUT2D eigenvalue weighted by Gasteiger charge is -2.10. The lowest BCUT2D eigenvalue weighted by Crippen LogP contribution is -2.35. The topological polar surface area (TPSA) is 84.5 Å². The minimum absolute atomic E-state index is 0.0942. The zero-order valence-corrected chi connectivity index (χ0v) is 13.0. The summed E-state index contributed by atoms with van der Waals surface area (Å²) in [7, 11) is -3.53. The minimum atomic E-state index is -3.53. The first-order valence-electron chi connectivity index (χ1n) is 6.60. The van der Waals surface area contributed by atoms with Gasteiger partial charge in [0.2, 0.25) is 15.9 Å². The minimum Gasteiger partial charge on any atom is -0.380 e. The molecule has 1 amide bonds. The molecule has 0 aliphatic rings. The van der Waals surface area contributed by atoms with Crippen LogP contribution in [0.3, 0.4) is 0 Å². The summed E-state index contributed by atoms with van der Waals surface area (Å²) in [5.41, 5.74) is 0. The molecule has 0 saturated carbocycles. The number of sulfonamides is 1. The maximum Gasteiger partial charge on any atom is 0.235 e. The average molecular weight is 294 g/mol. The maximum atomic E-state index is 11.5. The van der Waals surface area contributed by atoms with Gasteiger partial charge in [-0.1, -0.05) is 27.7 Å². The van der Waals surface area contributed by atoms with Crippen LogP contribution in [0.15, 0.2) is 0 Å². The Morgan fingerprint density at radius 3 is 2.32 bits per heavy atom. The van der Waals surface area contributed by atoms with E-state index in [0.29, 0.717) is 25.7 Å². The van der Waals surface area contributed by atoms with E-state index in [2.05, 4.69) is 5.32 Å². The Bertz CT molecular complexity index is 353. The Labute approximate surface area is 116 Å². The third kappa shape index (κ3) is 10.9. The molecule has 0 rings (SSSR count). The number of carbonyl (C=O) groups excluding carboxylic acids is 1. The third-order valence-corrected chi connectivity index (χ3v) is 3.62. The normalized spacial score (nSPS) is 12.1. The van der Waals surface area contributed by atoms with E-state index in [4.69, 9.17) is 4.74 Å². The summed E-state index contributed by atoms with van der Waals surface area (Å²) in [5.74, 6) is -0.904. The molecule has 0 bridgehead atoms. The highest BCUT2D eigenvalue weighted by molar-refractivity contribution is 7.90. The van der Waals surface area contributed by atoms with Crippen molar-refractivity contribution in [3.63, 3.8) is 0 Å². The number of nitrogens with one attached hydrogen (secondary N) is 2. The standard InChI is InChI=1S/C12H26N2O4S/c1-10(2)12(15)14-19(16,17)9-5-7-18-8-6-13-11(3)4/h10-11,13H,5-9H2,1-4H3,(H,14,15). The lowest BCUT2D eigenvalue weighted by atomic mass is 10.2. The molecule has 114 valence electrons. The van der Waals surface area contributed by atoms with Crippen LogP contribution in [0.4, 0.5) is 0 Å².